The first-order valence-corrected chi connectivity index (χ1v) is 6.58. The summed E-state index contributed by atoms with van der Waals surface area (Å²) in [5.74, 6) is 0. The molecule has 0 unspecified atom stereocenters. The van der Waals surface area contributed by atoms with Crippen LogP contribution in [0.5, 0.6) is 0 Å². The Morgan fingerprint density at radius 1 is 1.11 bits per heavy atom. The maximum Gasteiger partial charge on any atom is 0.0546 e. The van der Waals surface area contributed by atoms with Crippen molar-refractivity contribution in [2.75, 3.05) is 17.2 Å². The minimum absolute atomic E-state index is 0.783. The van der Waals surface area contributed by atoms with Crippen molar-refractivity contribution in [2.24, 2.45) is 0 Å². The summed E-state index contributed by atoms with van der Waals surface area (Å²) in [6.07, 6.45) is 1.07. The zero-order valence-electron chi connectivity index (χ0n) is 10.5. The van der Waals surface area contributed by atoms with Crippen LogP contribution in [-0.2, 0) is 0 Å². The number of thiol groups is 1. The molecule has 3 heteroatoms. The highest BCUT2D eigenvalue weighted by Crippen LogP contribution is 2.31. The van der Waals surface area contributed by atoms with Gasteiger partial charge >= 0.3 is 0 Å². The van der Waals surface area contributed by atoms with E-state index in [1.54, 1.807) is 0 Å². The molecule has 0 atom stereocenters. The molecule has 0 saturated heterocycles. The Bertz CT molecular complexity index is 525. The van der Waals surface area contributed by atoms with Crippen molar-refractivity contribution < 1.29 is 0 Å². The molecule has 94 valence electrons. The smallest absolute Gasteiger partial charge is 0.0546 e. The van der Waals surface area contributed by atoms with Crippen molar-refractivity contribution in [3.63, 3.8) is 0 Å². The fourth-order valence-electron chi connectivity index (χ4n) is 2.00. The highest BCUT2D eigenvalue weighted by atomic mass is 32.1. The number of anilines is 3. The number of hydrogen-bond acceptors (Lipinski definition) is 3. The lowest BCUT2D eigenvalue weighted by Gasteiger charge is -2.26. The molecule has 0 radical (unpaired) electrons. The molecule has 0 amide bonds. The van der Waals surface area contributed by atoms with Crippen LogP contribution in [0.3, 0.4) is 0 Å². The zero-order chi connectivity index (χ0) is 13.0. The van der Waals surface area contributed by atoms with Crippen LogP contribution in [0, 0.1) is 0 Å². The highest BCUT2D eigenvalue weighted by molar-refractivity contribution is 7.80. The molecule has 0 aliphatic heterocycles. The summed E-state index contributed by atoms with van der Waals surface area (Å²) in [5, 5.41) is 0. The number of para-hydroxylation sites is 1. The molecule has 2 nitrogen and oxygen atoms in total. The van der Waals surface area contributed by atoms with Crippen LogP contribution in [0.15, 0.2) is 53.4 Å². The van der Waals surface area contributed by atoms with Gasteiger partial charge in [0.25, 0.3) is 0 Å². The van der Waals surface area contributed by atoms with E-state index >= 15 is 0 Å². The summed E-state index contributed by atoms with van der Waals surface area (Å²) in [6.45, 7) is 3.11. The summed E-state index contributed by atoms with van der Waals surface area (Å²) in [7, 11) is 0. The summed E-state index contributed by atoms with van der Waals surface area (Å²) in [6, 6.07) is 16.1. The van der Waals surface area contributed by atoms with Crippen molar-refractivity contribution in [3.05, 3.63) is 48.5 Å². The van der Waals surface area contributed by atoms with E-state index in [4.69, 9.17) is 5.73 Å². The normalized spacial score (nSPS) is 10.3. The minimum Gasteiger partial charge on any atom is -0.399 e. The maximum absolute atomic E-state index is 5.86. The number of rotatable bonds is 4. The molecule has 0 heterocycles. The van der Waals surface area contributed by atoms with E-state index in [0.29, 0.717) is 0 Å². The van der Waals surface area contributed by atoms with E-state index < -0.39 is 0 Å². The number of hydrogen-bond donors (Lipinski definition) is 2. The predicted octanol–water partition coefficient (Wildman–Crippen LogP) is 4.11. The third kappa shape index (κ3) is 2.79. The van der Waals surface area contributed by atoms with Gasteiger partial charge in [-0.1, -0.05) is 25.1 Å². The van der Waals surface area contributed by atoms with Crippen LogP contribution < -0.4 is 10.6 Å². The number of nitrogen functional groups attached to an aromatic ring is 1. The van der Waals surface area contributed by atoms with Gasteiger partial charge in [0.05, 0.1) is 5.69 Å². The van der Waals surface area contributed by atoms with Gasteiger partial charge in [-0.3, -0.25) is 0 Å². The Labute approximate surface area is 114 Å². The molecular formula is C15H18N2S. The molecule has 2 rings (SSSR count). The van der Waals surface area contributed by atoms with Gasteiger partial charge in [-0.25, -0.2) is 0 Å². The molecule has 0 aliphatic carbocycles. The van der Waals surface area contributed by atoms with Crippen LogP contribution in [-0.4, -0.2) is 6.54 Å². The lowest BCUT2D eigenvalue weighted by molar-refractivity contribution is 0.879. The fourth-order valence-corrected chi connectivity index (χ4v) is 2.28. The first kappa shape index (κ1) is 12.8. The highest BCUT2D eigenvalue weighted by Gasteiger charge is 2.10. The number of nitrogens with two attached hydrogens (primary N) is 1. The Hall–Kier alpha value is -1.61. The average Bonchev–Trinajstić information content (AvgIpc) is 2.37. The monoisotopic (exact) mass is 258 g/mol. The Kier molecular flexibility index (Phi) is 4.15. The minimum atomic E-state index is 0.783. The van der Waals surface area contributed by atoms with Gasteiger partial charge in [-0.2, -0.15) is 0 Å². The zero-order valence-corrected chi connectivity index (χ0v) is 11.4. The first-order chi connectivity index (χ1) is 8.72. The molecule has 18 heavy (non-hydrogen) atoms. The van der Waals surface area contributed by atoms with E-state index in [2.05, 4.69) is 36.6 Å². The van der Waals surface area contributed by atoms with E-state index in [1.165, 1.54) is 0 Å². The molecule has 0 aromatic heterocycles. The van der Waals surface area contributed by atoms with E-state index in [1.807, 2.05) is 36.4 Å². The SMILES string of the molecule is CCCN(c1cccc(N)c1)c1ccccc1S. The molecule has 2 aromatic rings. The molecule has 2 N–H and O–H groups in total. The van der Waals surface area contributed by atoms with E-state index in [9.17, 15) is 0 Å². The largest absolute Gasteiger partial charge is 0.399 e. The van der Waals surface area contributed by atoms with Gasteiger partial charge in [-0.15, -0.1) is 12.6 Å². The second-order valence-electron chi connectivity index (χ2n) is 4.24. The van der Waals surface area contributed by atoms with Gasteiger partial charge in [0, 0.05) is 22.8 Å². The molecule has 0 aliphatic rings. The van der Waals surface area contributed by atoms with Gasteiger partial charge in [-0.05, 0) is 36.8 Å². The summed E-state index contributed by atoms with van der Waals surface area (Å²) >= 11 is 4.53. The van der Waals surface area contributed by atoms with Crippen molar-refractivity contribution >= 4 is 29.7 Å². The van der Waals surface area contributed by atoms with E-state index in [-0.39, 0.29) is 0 Å². The van der Waals surface area contributed by atoms with Crippen molar-refractivity contribution in [1.29, 1.82) is 0 Å². The van der Waals surface area contributed by atoms with Gasteiger partial charge in [0.2, 0.25) is 0 Å². The predicted molar refractivity (Wildman–Crippen MR) is 81.8 cm³/mol. The van der Waals surface area contributed by atoms with E-state index in [0.717, 1.165) is 34.9 Å². The van der Waals surface area contributed by atoms with Crippen LogP contribution >= 0.6 is 12.6 Å². The third-order valence-corrected chi connectivity index (χ3v) is 3.18. The topological polar surface area (TPSA) is 29.3 Å². The van der Waals surface area contributed by atoms with Crippen molar-refractivity contribution in [2.45, 2.75) is 18.2 Å². The third-order valence-electron chi connectivity index (χ3n) is 2.80. The Balaban J connectivity index is 2.43. The molecular weight excluding hydrogens is 240 g/mol. The number of nitrogens with zero attached hydrogens (tertiary/aromatic N) is 1. The average molecular weight is 258 g/mol. The Morgan fingerprint density at radius 3 is 2.56 bits per heavy atom. The Morgan fingerprint density at radius 2 is 1.89 bits per heavy atom. The van der Waals surface area contributed by atoms with Gasteiger partial charge < -0.3 is 10.6 Å². The van der Waals surface area contributed by atoms with Gasteiger partial charge in [0.1, 0.15) is 0 Å². The summed E-state index contributed by atoms with van der Waals surface area (Å²) < 4.78 is 0. The van der Waals surface area contributed by atoms with Crippen LogP contribution in [0.2, 0.25) is 0 Å². The summed E-state index contributed by atoms with van der Waals surface area (Å²) in [4.78, 5) is 3.23. The second-order valence-corrected chi connectivity index (χ2v) is 4.72. The first-order valence-electron chi connectivity index (χ1n) is 6.13. The fraction of sp³-hybridized carbons (Fsp3) is 0.200. The molecule has 2 aromatic carbocycles. The van der Waals surface area contributed by atoms with Crippen molar-refractivity contribution in [1.82, 2.24) is 0 Å². The van der Waals surface area contributed by atoms with Crippen LogP contribution in [0.25, 0.3) is 0 Å². The molecule has 0 spiro atoms. The standard InChI is InChI=1S/C15H18N2S/c1-2-10-17(13-7-5-6-12(16)11-13)14-8-3-4-9-15(14)18/h3-9,11,18H,2,10,16H2,1H3. The van der Waals surface area contributed by atoms with Crippen molar-refractivity contribution in [3.8, 4) is 0 Å². The maximum atomic E-state index is 5.86. The van der Waals surface area contributed by atoms with Crippen LogP contribution in [0.1, 0.15) is 13.3 Å². The second kappa shape index (κ2) is 5.83. The lowest BCUT2D eigenvalue weighted by atomic mass is 10.2. The lowest BCUT2D eigenvalue weighted by Crippen LogP contribution is -2.18. The molecule has 0 fully saturated rings. The summed E-state index contributed by atoms with van der Waals surface area (Å²) in [5.41, 5.74) is 8.87. The quantitative estimate of drug-likeness (QED) is 0.638. The van der Waals surface area contributed by atoms with Gasteiger partial charge in [0.15, 0.2) is 0 Å². The molecule has 0 bridgehead atoms. The van der Waals surface area contributed by atoms with Crippen LogP contribution in [0.4, 0.5) is 17.1 Å². The number of benzene rings is 2. The molecule has 0 saturated carbocycles.